The van der Waals surface area contributed by atoms with E-state index in [9.17, 15) is 23.4 Å². The van der Waals surface area contributed by atoms with Gasteiger partial charge in [-0.25, -0.2) is 4.79 Å². The number of aliphatic hydroxyl groups is 2. The lowest BCUT2D eigenvalue weighted by Crippen LogP contribution is -2.64. The highest BCUT2D eigenvalue weighted by Gasteiger charge is 2.46. The first-order valence-electron chi connectivity index (χ1n) is 10.2. The van der Waals surface area contributed by atoms with Crippen LogP contribution in [0.3, 0.4) is 0 Å². The average Bonchev–Trinajstić information content (AvgIpc) is 2.81. The van der Waals surface area contributed by atoms with Crippen molar-refractivity contribution in [3.05, 3.63) is 65.7 Å². The number of carbonyl (C=O) groups excluding carboxylic acids is 1. The molecule has 180 valence electrons. The number of benzene rings is 2. The van der Waals surface area contributed by atoms with Crippen LogP contribution in [0, 0.1) is 6.92 Å². The number of amides is 1. The fraction of sp³-hybridized carbons (Fsp3) is 0.409. The van der Waals surface area contributed by atoms with Gasteiger partial charge in [0.05, 0.1) is 11.5 Å². The first-order valence-corrected chi connectivity index (χ1v) is 11.6. The van der Waals surface area contributed by atoms with E-state index in [-0.39, 0.29) is 11.5 Å². The van der Waals surface area contributed by atoms with E-state index < -0.39 is 53.5 Å². The topological polar surface area (TPSA) is 141 Å². The zero-order chi connectivity index (χ0) is 24.0. The van der Waals surface area contributed by atoms with Crippen molar-refractivity contribution in [1.29, 1.82) is 0 Å². The normalized spacial score (nSPS) is 25.4. The van der Waals surface area contributed by atoms with Gasteiger partial charge in [0, 0.05) is 7.11 Å². The predicted octanol–water partition coefficient (Wildman–Crippen LogP) is 1.09. The van der Waals surface area contributed by atoms with E-state index >= 15 is 0 Å². The molecule has 0 unspecified atom stereocenters. The number of alkyl carbamates (subject to hydrolysis) is 1. The third-order valence-electron chi connectivity index (χ3n) is 5.13. The van der Waals surface area contributed by atoms with Crippen molar-refractivity contribution >= 4 is 16.2 Å². The number of rotatable bonds is 8. The largest absolute Gasteiger partial charge is 0.445 e. The van der Waals surface area contributed by atoms with E-state index in [1.165, 1.54) is 19.2 Å². The second-order valence-electron chi connectivity index (χ2n) is 7.54. The molecule has 33 heavy (non-hydrogen) atoms. The van der Waals surface area contributed by atoms with Crippen LogP contribution in [-0.4, -0.2) is 69.1 Å². The zero-order valence-electron chi connectivity index (χ0n) is 18.2. The van der Waals surface area contributed by atoms with Crippen molar-refractivity contribution in [1.82, 2.24) is 5.32 Å². The SMILES string of the molecule is CO[C@H]1O[C@H](COS(=O)(=O)c2ccc(C)cc2)[C@@H](O)[C@H](O)[C@@H]1NC(=O)OCc1ccccc1. The average molecular weight is 482 g/mol. The summed E-state index contributed by atoms with van der Waals surface area (Å²) in [6.07, 6.45) is -6.38. The molecule has 1 saturated heterocycles. The Labute approximate surface area is 192 Å². The number of nitrogens with one attached hydrogen (secondary N) is 1. The minimum atomic E-state index is -4.11. The van der Waals surface area contributed by atoms with Gasteiger partial charge < -0.3 is 29.7 Å². The fourth-order valence-corrected chi connectivity index (χ4v) is 4.17. The molecule has 1 fully saturated rings. The zero-order valence-corrected chi connectivity index (χ0v) is 19.0. The van der Waals surface area contributed by atoms with E-state index in [1.54, 1.807) is 36.4 Å². The highest BCUT2D eigenvalue weighted by atomic mass is 32.2. The summed E-state index contributed by atoms with van der Waals surface area (Å²) >= 11 is 0. The van der Waals surface area contributed by atoms with Gasteiger partial charge in [0.1, 0.15) is 31.0 Å². The molecule has 0 spiro atoms. The molecule has 0 radical (unpaired) electrons. The smallest absolute Gasteiger partial charge is 0.407 e. The highest BCUT2D eigenvalue weighted by molar-refractivity contribution is 7.86. The summed E-state index contributed by atoms with van der Waals surface area (Å²) in [5.74, 6) is 0. The number of carbonyl (C=O) groups is 1. The third kappa shape index (κ3) is 6.50. The predicted molar refractivity (Wildman–Crippen MR) is 116 cm³/mol. The first kappa shape index (κ1) is 25.1. The maximum Gasteiger partial charge on any atom is 0.407 e. The second-order valence-corrected chi connectivity index (χ2v) is 9.16. The summed E-state index contributed by atoms with van der Waals surface area (Å²) in [5.41, 5.74) is 1.65. The molecular weight excluding hydrogens is 454 g/mol. The summed E-state index contributed by atoms with van der Waals surface area (Å²) in [6.45, 7) is 1.25. The lowest BCUT2D eigenvalue weighted by molar-refractivity contribution is -0.260. The van der Waals surface area contributed by atoms with Gasteiger partial charge in [0.25, 0.3) is 10.1 Å². The van der Waals surface area contributed by atoms with Gasteiger partial charge >= 0.3 is 6.09 Å². The molecule has 11 heteroatoms. The van der Waals surface area contributed by atoms with Gasteiger partial charge in [-0.2, -0.15) is 8.42 Å². The van der Waals surface area contributed by atoms with Crippen molar-refractivity contribution < 1.29 is 41.8 Å². The van der Waals surface area contributed by atoms with Gasteiger partial charge in [-0.3, -0.25) is 4.18 Å². The Kier molecular flexibility index (Phi) is 8.40. The standard InChI is InChI=1S/C22H27NO9S/c1-14-8-10-16(11-9-14)33(27,28)31-13-17-19(24)20(25)18(21(29-2)32-17)23-22(26)30-12-15-6-4-3-5-7-15/h3-11,17-21,24-25H,12-13H2,1-2H3,(H,23,26)/t17-,18+,19-,20-,21+/m1/s1. The summed E-state index contributed by atoms with van der Waals surface area (Å²) in [5, 5.41) is 23.4. The van der Waals surface area contributed by atoms with Crippen LogP contribution in [0.25, 0.3) is 0 Å². The Morgan fingerprint density at radius 2 is 1.73 bits per heavy atom. The van der Waals surface area contributed by atoms with Crippen molar-refractivity contribution in [3.63, 3.8) is 0 Å². The molecule has 5 atom stereocenters. The van der Waals surface area contributed by atoms with E-state index in [0.29, 0.717) is 0 Å². The Morgan fingerprint density at radius 3 is 2.36 bits per heavy atom. The van der Waals surface area contributed by atoms with Crippen LogP contribution in [0.5, 0.6) is 0 Å². The molecule has 0 aliphatic carbocycles. The number of ether oxygens (including phenoxy) is 3. The van der Waals surface area contributed by atoms with E-state index in [1.807, 2.05) is 13.0 Å². The Morgan fingerprint density at radius 1 is 1.06 bits per heavy atom. The van der Waals surface area contributed by atoms with Gasteiger partial charge in [0.2, 0.25) is 0 Å². The monoisotopic (exact) mass is 481 g/mol. The maximum atomic E-state index is 12.4. The minimum absolute atomic E-state index is 0.00385. The fourth-order valence-electron chi connectivity index (χ4n) is 3.25. The maximum absolute atomic E-state index is 12.4. The van der Waals surface area contributed by atoms with Gasteiger partial charge in [0.15, 0.2) is 6.29 Å². The molecule has 0 aromatic heterocycles. The molecule has 1 heterocycles. The molecule has 2 aromatic rings. The molecule has 0 bridgehead atoms. The third-order valence-corrected chi connectivity index (χ3v) is 6.42. The van der Waals surface area contributed by atoms with Crippen LogP contribution in [0.4, 0.5) is 4.79 Å². The van der Waals surface area contributed by atoms with E-state index in [0.717, 1.165) is 11.1 Å². The summed E-state index contributed by atoms with van der Waals surface area (Å²) < 4.78 is 45.7. The summed E-state index contributed by atoms with van der Waals surface area (Å²) in [6, 6.07) is 13.9. The number of aryl methyl sites for hydroxylation is 1. The lowest BCUT2D eigenvalue weighted by Gasteiger charge is -2.41. The van der Waals surface area contributed by atoms with Crippen molar-refractivity contribution in [2.24, 2.45) is 0 Å². The van der Waals surface area contributed by atoms with Crippen LogP contribution in [0.2, 0.25) is 0 Å². The second kappa shape index (κ2) is 11.1. The number of methoxy groups -OCH3 is 1. The van der Waals surface area contributed by atoms with Crippen LogP contribution < -0.4 is 5.32 Å². The Hall–Kier alpha value is -2.54. The van der Waals surface area contributed by atoms with Crippen LogP contribution in [-0.2, 0) is 35.1 Å². The molecule has 1 aliphatic rings. The van der Waals surface area contributed by atoms with Crippen molar-refractivity contribution in [2.45, 2.75) is 49.1 Å². The minimum Gasteiger partial charge on any atom is -0.445 e. The van der Waals surface area contributed by atoms with Crippen molar-refractivity contribution in [2.75, 3.05) is 13.7 Å². The quantitative estimate of drug-likeness (QED) is 0.473. The molecule has 3 rings (SSSR count). The van der Waals surface area contributed by atoms with Crippen LogP contribution >= 0.6 is 0 Å². The van der Waals surface area contributed by atoms with Crippen molar-refractivity contribution in [3.8, 4) is 0 Å². The van der Waals surface area contributed by atoms with Gasteiger partial charge in [-0.1, -0.05) is 48.0 Å². The molecule has 1 aliphatic heterocycles. The number of hydrogen-bond donors (Lipinski definition) is 3. The molecule has 2 aromatic carbocycles. The molecule has 0 saturated carbocycles. The Balaban J connectivity index is 1.58. The summed E-state index contributed by atoms with van der Waals surface area (Å²) in [4.78, 5) is 12.1. The first-order chi connectivity index (χ1) is 15.7. The highest BCUT2D eigenvalue weighted by Crippen LogP contribution is 2.24. The molecule has 1 amide bonds. The van der Waals surface area contributed by atoms with Crippen LogP contribution in [0.1, 0.15) is 11.1 Å². The molecule has 10 nitrogen and oxygen atoms in total. The number of aliphatic hydroxyl groups excluding tert-OH is 2. The van der Waals surface area contributed by atoms with E-state index in [4.69, 9.17) is 18.4 Å². The van der Waals surface area contributed by atoms with Crippen LogP contribution in [0.15, 0.2) is 59.5 Å². The Bertz CT molecular complexity index is 1010. The number of hydrogen-bond acceptors (Lipinski definition) is 9. The molecular formula is C22H27NO9S. The van der Waals surface area contributed by atoms with E-state index in [2.05, 4.69) is 5.32 Å². The summed E-state index contributed by atoms with van der Waals surface area (Å²) in [7, 11) is -2.83. The molecule has 3 N–H and O–H groups in total. The van der Waals surface area contributed by atoms with Gasteiger partial charge in [-0.15, -0.1) is 0 Å². The van der Waals surface area contributed by atoms with Gasteiger partial charge in [-0.05, 0) is 24.6 Å². The lowest BCUT2D eigenvalue weighted by atomic mass is 9.97.